The molecule has 0 aromatic heterocycles. The van der Waals surface area contributed by atoms with E-state index in [2.05, 4.69) is 0 Å². The maximum absolute atomic E-state index is 11.1. The zero-order valence-electron chi connectivity index (χ0n) is 6.43. The van der Waals surface area contributed by atoms with Crippen LogP contribution in [0.3, 0.4) is 0 Å². The molecule has 1 atom stereocenters. The van der Waals surface area contributed by atoms with Crippen molar-refractivity contribution in [3.63, 3.8) is 0 Å². The van der Waals surface area contributed by atoms with Gasteiger partial charge in [-0.1, -0.05) is 6.92 Å². The number of Topliss-reactive ketones (excluding diaryl/α,β-unsaturated/α-hetero) is 1. The van der Waals surface area contributed by atoms with E-state index in [-0.39, 0.29) is 6.10 Å². The SMILES string of the molecule is CCCC(=O)C1CCCO1. The molecule has 2 heteroatoms. The van der Waals surface area contributed by atoms with Gasteiger partial charge in [0.05, 0.1) is 0 Å². The first-order valence-corrected chi connectivity index (χ1v) is 3.99. The van der Waals surface area contributed by atoms with Crippen molar-refractivity contribution in [2.75, 3.05) is 6.61 Å². The van der Waals surface area contributed by atoms with Crippen LogP contribution in [0.5, 0.6) is 0 Å². The minimum atomic E-state index is -0.0556. The monoisotopic (exact) mass is 142 g/mol. The Labute approximate surface area is 61.6 Å². The molecule has 0 saturated carbocycles. The van der Waals surface area contributed by atoms with Gasteiger partial charge in [0.15, 0.2) is 5.78 Å². The minimum Gasteiger partial charge on any atom is -0.370 e. The lowest BCUT2D eigenvalue weighted by Crippen LogP contribution is -2.18. The van der Waals surface area contributed by atoms with Crippen LogP contribution >= 0.6 is 0 Å². The predicted molar refractivity (Wildman–Crippen MR) is 38.9 cm³/mol. The Morgan fingerprint density at radius 1 is 1.70 bits per heavy atom. The highest BCUT2D eigenvalue weighted by molar-refractivity contribution is 5.83. The number of carbonyl (C=O) groups excluding carboxylic acids is 1. The van der Waals surface area contributed by atoms with Crippen molar-refractivity contribution in [3.05, 3.63) is 0 Å². The number of ether oxygens (including phenoxy) is 1. The molecule has 0 aromatic rings. The molecule has 1 heterocycles. The highest BCUT2D eigenvalue weighted by atomic mass is 16.5. The molecular formula is C8H14O2. The van der Waals surface area contributed by atoms with E-state index < -0.39 is 0 Å². The van der Waals surface area contributed by atoms with Crippen LogP contribution in [0, 0.1) is 0 Å². The van der Waals surface area contributed by atoms with Crippen molar-refractivity contribution in [2.24, 2.45) is 0 Å². The molecular weight excluding hydrogens is 128 g/mol. The molecule has 0 aliphatic carbocycles. The standard InChI is InChI=1S/C8H14O2/c1-2-4-7(9)8-5-3-6-10-8/h8H,2-6H2,1H3. The van der Waals surface area contributed by atoms with Crippen LogP contribution in [0.2, 0.25) is 0 Å². The first-order chi connectivity index (χ1) is 4.84. The van der Waals surface area contributed by atoms with E-state index in [1.165, 1.54) is 0 Å². The van der Waals surface area contributed by atoms with E-state index in [0.717, 1.165) is 25.9 Å². The summed E-state index contributed by atoms with van der Waals surface area (Å²) in [5, 5.41) is 0. The smallest absolute Gasteiger partial charge is 0.161 e. The van der Waals surface area contributed by atoms with E-state index in [0.29, 0.717) is 12.2 Å². The van der Waals surface area contributed by atoms with E-state index in [4.69, 9.17) is 4.74 Å². The third-order valence-corrected chi connectivity index (χ3v) is 1.79. The Hall–Kier alpha value is -0.370. The van der Waals surface area contributed by atoms with E-state index >= 15 is 0 Å². The summed E-state index contributed by atoms with van der Waals surface area (Å²) in [4.78, 5) is 11.1. The third-order valence-electron chi connectivity index (χ3n) is 1.79. The summed E-state index contributed by atoms with van der Waals surface area (Å²) in [5.41, 5.74) is 0. The van der Waals surface area contributed by atoms with E-state index in [1.54, 1.807) is 0 Å². The van der Waals surface area contributed by atoms with Gasteiger partial charge in [-0.15, -0.1) is 0 Å². The van der Waals surface area contributed by atoms with Crippen molar-refractivity contribution in [1.82, 2.24) is 0 Å². The van der Waals surface area contributed by atoms with Gasteiger partial charge in [-0.25, -0.2) is 0 Å². The molecule has 58 valence electrons. The maximum Gasteiger partial charge on any atom is 0.161 e. The number of ketones is 1. The molecule has 1 fully saturated rings. The summed E-state index contributed by atoms with van der Waals surface area (Å²) < 4.78 is 5.22. The van der Waals surface area contributed by atoms with Crippen LogP contribution in [-0.2, 0) is 9.53 Å². The fourth-order valence-electron chi connectivity index (χ4n) is 1.24. The highest BCUT2D eigenvalue weighted by Gasteiger charge is 2.21. The van der Waals surface area contributed by atoms with Crippen LogP contribution in [0.1, 0.15) is 32.6 Å². The summed E-state index contributed by atoms with van der Waals surface area (Å²) >= 11 is 0. The van der Waals surface area contributed by atoms with Gasteiger partial charge < -0.3 is 4.74 Å². The zero-order chi connectivity index (χ0) is 7.40. The molecule has 1 aliphatic rings. The predicted octanol–water partition coefficient (Wildman–Crippen LogP) is 1.53. The molecule has 1 aliphatic heterocycles. The van der Waals surface area contributed by atoms with Gasteiger partial charge in [-0.2, -0.15) is 0 Å². The first kappa shape index (κ1) is 7.73. The van der Waals surface area contributed by atoms with Gasteiger partial charge in [0.25, 0.3) is 0 Å². The Morgan fingerprint density at radius 3 is 3.00 bits per heavy atom. The second-order valence-corrected chi connectivity index (χ2v) is 2.72. The van der Waals surface area contributed by atoms with Crippen LogP contribution in [0.4, 0.5) is 0 Å². The quantitative estimate of drug-likeness (QED) is 0.597. The van der Waals surface area contributed by atoms with Crippen molar-refractivity contribution < 1.29 is 9.53 Å². The molecule has 1 saturated heterocycles. The van der Waals surface area contributed by atoms with Crippen molar-refractivity contribution >= 4 is 5.78 Å². The summed E-state index contributed by atoms with van der Waals surface area (Å²) in [7, 11) is 0. The second-order valence-electron chi connectivity index (χ2n) is 2.72. The summed E-state index contributed by atoms with van der Waals surface area (Å²) in [6, 6.07) is 0. The van der Waals surface area contributed by atoms with Crippen LogP contribution in [0.25, 0.3) is 0 Å². The second kappa shape index (κ2) is 3.71. The molecule has 0 aromatic carbocycles. The normalized spacial score (nSPS) is 25.1. The number of carbonyl (C=O) groups is 1. The van der Waals surface area contributed by atoms with Crippen molar-refractivity contribution in [3.8, 4) is 0 Å². The Bertz CT molecular complexity index is 114. The number of hydrogen-bond acceptors (Lipinski definition) is 2. The fourth-order valence-corrected chi connectivity index (χ4v) is 1.24. The molecule has 0 N–H and O–H groups in total. The molecule has 0 spiro atoms. The topological polar surface area (TPSA) is 26.3 Å². The number of hydrogen-bond donors (Lipinski definition) is 0. The lowest BCUT2D eigenvalue weighted by atomic mass is 10.1. The summed E-state index contributed by atoms with van der Waals surface area (Å²) in [6.07, 6.45) is 3.57. The van der Waals surface area contributed by atoms with E-state index in [1.807, 2.05) is 6.92 Å². The van der Waals surface area contributed by atoms with Crippen LogP contribution < -0.4 is 0 Å². The Kier molecular flexibility index (Phi) is 2.87. The number of rotatable bonds is 3. The molecule has 0 amide bonds. The zero-order valence-corrected chi connectivity index (χ0v) is 6.43. The van der Waals surface area contributed by atoms with Gasteiger partial charge in [0, 0.05) is 13.0 Å². The van der Waals surface area contributed by atoms with Gasteiger partial charge in [-0.05, 0) is 19.3 Å². The van der Waals surface area contributed by atoms with Crippen LogP contribution in [-0.4, -0.2) is 18.5 Å². The van der Waals surface area contributed by atoms with Gasteiger partial charge >= 0.3 is 0 Å². The van der Waals surface area contributed by atoms with Gasteiger partial charge in [0.2, 0.25) is 0 Å². The molecule has 0 bridgehead atoms. The molecule has 1 rings (SSSR count). The molecule has 1 unspecified atom stereocenters. The summed E-state index contributed by atoms with van der Waals surface area (Å²) in [5.74, 6) is 0.292. The molecule has 10 heavy (non-hydrogen) atoms. The Morgan fingerprint density at radius 2 is 2.50 bits per heavy atom. The van der Waals surface area contributed by atoms with Crippen LogP contribution in [0.15, 0.2) is 0 Å². The molecule has 0 radical (unpaired) electrons. The van der Waals surface area contributed by atoms with Gasteiger partial charge in [-0.3, -0.25) is 4.79 Å². The Balaban J connectivity index is 2.25. The third kappa shape index (κ3) is 1.81. The largest absolute Gasteiger partial charge is 0.370 e. The lowest BCUT2D eigenvalue weighted by Gasteiger charge is -2.05. The first-order valence-electron chi connectivity index (χ1n) is 3.99. The summed E-state index contributed by atoms with van der Waals surface area (Å²) in [6.45, 7) is 2.80. The van der Waals surface area contributed by atoms with Crippen molar-refractivity contribution in [1.29, 1.82) is 0 Å². The molecule has 2 nitrogen and oxygen atoms in total. The lowest BCUT2D eigenvalue weighted by molar-refractivity contribution is -0.127. The van der Waals surface area contributed by atoms with Crippen molar-refractivity contribution in [2.45, 2.75) is 38.7 Å². The van der Waals surface area contributed by atoms with E-state index in [9.17, 15) is 4.79 Å². The average molecular weight is 142 g/mol. The highest BCUT2D eigenvalue weighted by Crippen LogP contribution is 2.14. The van der Waals surface area contributed by atoms with Gasteiger partial charge in [0.1, 0.15) is 6.10 Å². The maximum atomic E-state index is 11.1. The fraction of sp³-hybridized carbons (Fsp3) is 0.875. The minimum absolute atomic E-state index is 0.0556. The average Bonchev–Trinajstić information content (AvgIpc) is 2.38.